The predicted octanol–water partition coefficient (Wildman–Crippen LogP) is 2.55. The molecule has 1 aromatic carbocycles. The van der Waals surface area contributed by atoms with Crippen LogP contribution in [0.4, 0.5) is 5.69 Å². The third kappa shape index (κ3) is 4.51. The van der Waals surface area contributed by atoms with E-state index in [0.717, 1.165) is 30.8 Å². The van der Waals surface area contributed by atoms with E-state index < -0.39 is 0 Å². The fraction of sp³-hybridized carbons (Fsp3) is 0.500. The first kappa shape index (κ1) is 13.5. The van der Waals surface area contributed by atoms with Crippen molar-refractivity contribution in [2.75, 3.05) is 45.4 Å². The summed E-state index contributed by atoms with van der Waals surface area (Å²) < 4.78 is 11.3. The number of anilines is 1. The third-order valence-electron chi connectivity index (χ3n) is 2.32. The van der Waals surface area contributed by atoms with E-state index in [2.05, 4.69) is 33.0 Å². The van der Waals surface area contributed by atoms with Gasteiger partial charge in [-0.15, -0.1) is 0 Å². The molecular formula is C12H18BrNO2. The van der Waals surface area contributed by atoms with Gasteiger partial charge in [0, 0.05) is 37.5 Å². The van der Waals surface area contributed by atoms with E-state index in [0.29, 0.717) is 0 Å². The molecule has 0 aliphatic carbocycles. The molecule has 0 N–H and O–H groups in total. The number of rotatable bonds is 7. The number of halogens is 1. The largest absolute Gasteiger partial charge is 0.383 e. The standard InChI is InChI=1S/C12H18BrNO2/c1-15-9-7-14(8-10-16-2)12-5-3-11(13)4-6-12/h3-6H,7-10H2,1-2H3. The molecule has 0 aromatic heterocycles. The maximum absolute atomic E-state index is 5.11. The summed E-state index contributed by atoms with van der Waals surface area (Å²) in [5.41, 5.74) is 1.19. The van der Waals surface area contributed by atoms with Crippen molar-refractivity contribution in [2.24, 2.45) is 0 Å². The Labute approximate surface area is 105 Å². The van der Waals surface area contributed by atoms with Crippen LogP contribution in [-0.2, 0) is 9.47 Å². The number of ether oxygens (including phenoxy) is 2. The number of hydrogen-bond acceptors (Lipinski definition) is 3. The zero-order chi connectivity index (χ0) is 11.8. The second kappa shape index (κ2) is 7.65. The van der Waals surface area contributed by atoms with Crippen molar-refractivity contribution in [3.05, 3.63) is 28.7 Å². The van der Waals surface area contributed by atoms with E-state index in [1.54, 1.807) is 14.2 Å². The molecule has 0 bridgehead atoms. The Hall–Kier alpha value is -0.580. The molecule has 0 unspecified atom stereocenters. The predicted molar refractivity (Wildman–Crippen MR) is 70.1 cm³/mol. The summed E-state index contributed by atoms with van der Waals surface area (Å²) in [5.74, 6) is 0. The van der Waals surface area contributed by atoms with Crippen molar-refractivity contribution in [2.45, 2.75) is 0 Å². The molecule has 4 heteroatoms. The molecule has 3 nitrogen and oxygen atoms in total. The van der Waals surface area contributed by atoms with Crippen molar-refractivity contribution >= 4 is 21.6 Å². The lowest BCUT2D eigenvalue weighted by molar-refractivity contribution is 0.190. The molecule has 0 aliphatic rings. The van der Waals surface area contributed by atoms with Crippen LogP contribution in [0.25, 0.3) is 0 Å². The van der Waals surface area contributed by atoms with Crippen LogP contribution < -0.4 is 4.90 Å². The van der Waals surface area contributed by atoms with Crippen molar-refractivity contribution in [1.82, 2.24) is 0 Å². The highest BCUT2D eigenvalue weighted by molar-refractivity contribution is 9.10. The molecule has 0 saturated heterocycles. The molecule has 90 valence electrons. The summed E-state index contributed by atoms with van der Waals surface area (Å²) in [6.45, 7) is 3.20. The summed E-state index contributed by atoms with van der Waals surface area (Å²) in [5, 5.41) is 0. The summed E-state index contributed by atoms with van der Waals surface area (Å²) in [4.78, 5) is 2.25. The summed E-state index contributed by atoms with van der Waals surface area (Å²) in [6, 6.07) is 8.27. The number of benzene rings is 1. The van der Waals surface area contributed by atoms with Crippen LogP contribution in [0.2, 0.25) is 0 Å². The van der Waals surface area contributed by atoms with Gasteiger partial charge in [-0.3, -0.25) is 0 Å². The molecule has 0 saturated carbocycles. The van der Waals surface area contributed by atoms with E-state index >= 15 is 0 Å². The van der Waals surface area contributed by atoms with Gasteiger partial charge < -0.3 is 14.4 Å². The minimum Gasteiger partial charge on any atom is -0.383 e. The van der Waals surface area contributed by atoms with Crippen molar-refractivity contribution in [3.63, 3.8) is 0 Å². The molecule has 1 aromatic rings. The normalized spacial score (nSPS) is 10.4. The molecule has 1 rings (SSSR count). The Kier molecular flexibility index (Phi) is 6.45. The number of hydrogen-bond donors (Lipinski definition) is 0. The second-order valence-electron chi connectivity index (χ2n) is 3.45. The topological polar surface area (TPSA) is 21.7 Å². The highest BCUT2D eigenvalue weighted by Gasteiger charge is 2.05. The average molecular weight is 288 g/mol. The summed E-state index contributed by atoms with van der Waals surface area (Å²) >= 11 is 3.43. The van der Waals surface area contributed by atoms with Gasteiger partial charge in [-0.05, 0) is 24.3 Å². The van der Waals surface area contributed by atoms with Crippen molar-refractivity contribution < 1.29 is 9.47 Å². The van der Waals surface area contributed by atoms with Crippen molar-refractivity contribution in [3.8, 4) is 0 Å². The lowest BCUT2D eigenvalue weighted by Gasteiger charge is -2.24. The number of nitrogens with zero attached hydrogens (tertiary/aromatic N) is 1. The van der Waals surface area contributed by atoms with E-state index in [9.17, 15) is 0 Å². The molecule has 0 aliphatic heterocycles. The first-order valence-corrected chi connectivity index (χ1v) is 6.05. The van der Waals surface area contributed by atoms with Crippen LogP contribution in [0, 0.1) is 0 Å². The first-order valence-electron chi connectivity index (χ1n) is 5.26. The van der Waals surface area contributed by atoms with Gasteiger partial charge in [0.05, 0.1) is 13.2 Å². The highest BCUT2D eigenvalue weighted by Crippen LogP contribution is 2.18. The van der Waals surface area contributed by atoms with E-state index in [4.69, 9.17) is 9.47 Å². The summed E-state index contributed by atoms with van der Waals surface area (Å²) in [6.07, 6.45) is 0. The lowest BCUT2D eigenvalue weighted by Crippen LogP contribution is -2.30. The molecule has 0 radical (unpaired) electrons. The Bertz CT molecular complexity index is 282. The van der Waals surface area contributed by atoms with Crippen LogP contribution in [0.15, 0.2) is 28.7 Å². The van der Waals surface area contributed by atoms with Gasteiger partial charge in [0.1, 0.15) is 0 Å². The zero-order valence-electron chi connectivity index (χ0n) is 9.78. The van der Waals surface area contributed by atoms with E-state index in [1.165, 1.54) is 5.69 Å². The molecular weight excluding hydrogens is 270 g/mol. The van der Waals surface area contributed by atoms with Gasteiger partial charge in [-0.2, -0.15) is 0 Å². The van der Waals surface area contributed by atoms with Gasteiger partial charge in [0.2, 0.25) is 0 Å². The Morgan fingerprint density at radius 3 is 1.94 bits per heavy atom. The van der Waals surface area contributed by atoms with Crippen molar-refractivity contribution in [1.29, 1.82) is 0 Å². The van der Waals surface area contributed by atoms with Gasteiger partial charge in [0.25, 0.3) is 0 Å². The monoisotopic (exact) mass is 287 g/mol. The van der Waals surface area contributed by atoms with Gasteiger partial charge in [-0.1, -0.05) is 15.9 Å². The maximum Gasteiger partial charge on any atom is 0.0637 e. The highest BCUT2D eigenvalue weighted by atomic mass is 79.9. The number of methoxy groups -OCH3 is 2. The Morgan fingerprint density at radius 1 is 1.00 bits per heavy atom. The maximum atomic E-state index is 5.11. The molecule has 0 spiro atoms. The summed E-state index contributed by atoms with van der Waals surface area (Å²) in [7, 11) is 3.44. The lowest BCUT2D eigenvalue weighted by atomic mass is 10.3. The SMILES string of the molecule is COCCN(CCOC)c1ccc(Br)cc1. The van der Waals surface area contributed by atoms with Crippen LogP contribution in [0.1, 0.15) is 0 Å². The van der Waals surface area contributed by atoms with E-state index in [1.807, 2.05) is 12.1 Å². The smallest absolute Gasteiger partial charge is 0.0637 e. The van der Waals surface area contributed by atoms with Crippen LogP contribution in [0.5, 0.6) is 0 Å². The minimum atomic E-state index is 0.722. The van der Waals surface area contributed by atoms with Gasteiger partial charge >= 0.3 is 0 Å². The first-order chi connectivity index (χ1) is 7.77. The third-order valence-corrected chi connectivity index (χ3v) is 2.85. The molecule has 0 amide bonds. The quantitative estimate of drug-likeness (QED) is 0.769. The molecule has 16 heavy (non-hydrogen) atoms. The molecule has 0 fully saturated rings. The zero-order valence-corrected chi connectivity index (χ0v) is 11.4. The van der Waals surface area contributed by atoms with Gasteiger partial charge in [-0.25, -0.2) is 0 Å². The fourth-order valence-electron chi connectivity index (χ4n) is 1.42. The Balaban J connectivity index is 2.62. The van der Waals surface area contributed by atoms with Gasteiger partial charge in [0.15, 0.2) is 0 Å². The molecule has 0 heterocycles. The van der Waals surface area contributed by atoms with Crippen LogP contribution in [-0.4, -0.2) is 40.5 Å². The Morgan fingerprint density at radius 2 is 1.50 bits per heavy atom. The van der Waals surface area contributed by atoms with Crippen LogP contribution in [0.3, 0.4) is 0 Å². The molecule has 0 atom stereocenters. The second-order valence-corrected chi connectivity index (χ2v) is 4.36. The fourth-order valence-corrected chi connectivity index (χ4v) is 1.69. The minimum absolute atomic E-state index is 0.722. The van der Waals surface area contributed by atoms with E-state index in [-0.39, 0.29) is 0 Å². The van der Waals surface area contributed by atoms with Crippen LogP contribution >= 0.6 is 15.9 Å². The average Bonchev–Trinajstić information content (AvgIpc) is 2.31.